The molecule has 0 aromatic rings. The molecule has 0 saturated carbocycles. The Bertz CT molecular complexity index is 125. The van der Waals surface area contributed by atoms with E-state index in [0.29, 0.717) is 12.3 Å². The highest BCUT2D eigenvalue weighted by molar-refractivity contribution is 9.09. The van der Waals surface area contributed by atoms with E-state index in [-0.39, 0.29) is 11.9 Å². The van der Waals surface area contributed by atoms with E-state index in [9.17, 15) is 4.79 Å². The van der Waals surface area contributed by atoms with Crippen molar-refractivity contribution in [3.8, 4) is 0 Å². The van der Waals surface area contributed by atoms with Gasteiger partial charge in [0.05, 0.1) is 0 Å². The monoisotopic (exact) mass is 221 g/mol. The largest absolute Gasteiger partial charge is 0.352 e. The Kier molecular flexibility index (Phi) is 5.56. The van der Waals surface area contributed by atoms with Crippen molar-refractivity contribution in [2.24, 2.45) is 5.92 Å². The van der Waals surface area contributed by atoms with Gasteiger partial charge in [0.25, 0.3) is 0 Å². The molecule has 1 amide bonds. The summed E-state index contributed by atoms with van der Waals surface area (Å²) >= 11 is 3.36. The lowest BCUT2D eigenvalue weighted by molar-refractivity contribution is -0.121. The summed E-state index contributed by atoms with van der Waals surface area (Å²) in [6.07, 6.45) is 0.566. The first-order valence-corrected chi connectivity index (χ1v) is 5.09. The van der Waals surface area contributed by atoms with Crippen LogP contribution >= 0.6 is 15.9 Å². The normalized spacial score (nSPS) is 13.2. The van der Waals surface area contributed by atoms with E-state index in [4.69, 9.17) is 0 Å². The van der Waals surface area contributed by atoms with Crippen molar-refractivity contribution in [2.75, 3.05) is 5.33 Å². The maximum Gasteiger partial charge on any atom is 0.219 e. The third kappa shape index (κ3) is 4.40. The van der Waals surface area contributed by atoms with Crippen LogP contribution in [-0.2, 0) is 4.79 Å². The third-order valence-corrected chi connectivity index (χ3v) is 2.34. The van der Waals surface area contributed by atoms with E-state index in [2.05, 4.69) is 35.1 Å². The summed E-state index contributed by atoms with van der Waals surface area (Å²) in [6, 6.07) is 0.266. The summed E-state index contributed by atoms with van der Waals surface area (Å²) < 4.78 is 0. The minimum Gasteiger partial charge on any atom is -0.352 e. The van der Waals surface area contributed by atoms with Gasteiger partial charge in [-0.2, -0.15) is 0 Å². The number of amides is 1. The quantitative estimate of drug-likeness (QED) is 0.723. The lowest BCUT2D eigenvalue weighted by atomic mass is 10.1. The molecule has 11 heavy (non-hydrogen) atoms. The number of halogens is 1. The second-order valence-corrected chi connectivity index (χ2v) is 3.57. The highest BCUT2D eigenvalue weighted by Crippen LogP contribution is 2.04. The van der Waals surface area contributed by atoms with Gasteiger partial charge in [-0.05, 0) is 5.92 Å². The van der Waals surface area contributed by atoms with Gasteiger partial charge in [-0.25, -0.2) is 0 Å². The van der Waals surface area contributed by atoms with Crippen LogP contribution in [-0.4, -0.2) is 17.3 Å². The van der Waals surface area contributed by atoms with Crippen LogP contribution in [0.3, 0.4) is 0 Å². The minimum absolute atomic E-state index is 0.128. The molecule has 1 atom stereocenters. The van der Waals surface area contributed by atoms with Gasteiger partial charge in [0, 0.05) is 17.8 Å². The zero-order valence-electron chi connectivity index (χ0n) is 7.36. The molecule has 0 bridgehead atoms. The molecule has 0 radical (unpaired) electrons. The van der Waals surface area contributed by atoms with E-state index in [1.807, 2.05) is 6.92 Å². The maximum absolute atomic E-state index is 11.0. The van der Waals surface area contributed by atoms with Crippen LogP contribution in [0.2, 0.25) is 0 Å². The molecule has 0 aromatic carbocycles. The van der Waals surface area contributed by atoms with Crippen molar-refractivity contribution >= 4 is 21.8 Å². The number of rotatable bonds is 4. The van der Waals surface area contributed by atoms with Crippen molar-refractivity contribution in [1.82, 2.24) is 5.32 Å². The number of nitrogens with one attached hydrogen (secondary N) is 1. The first-order valence-electron chi connectivity index (χ1n) is 3.97. The predicted molar refractivity (Wildman–Crippen MR) is 50.9 cm³/mol. The number of hydrogen-bond donors (Lipinski definition) is 1. The molecule has 1 N–H and O–H groups in total. The van der Waals surface area contributed by atoms with E-state index in [0.717, 1.165) is 5.33 Å². The van der Waals surface area contributed by atoms with Gasteiger partial charge in [-0.15, -0.1) is 0 Å². The molecule has 2 nitrogen and oxygen atoms in total. The molecule has 3 heteroatoms. The van der Waals surface area contributed by atoms with E-state index in [1.165, 1.54) is 0 Å². The second-order valence-electron chi connectivity index (χ2n) is 2.93. The van der Waals surface area contributed by atoms with Crippen LogP contribution in [0, 0.1) is 5.92 Å². The Labute approximate surface area is 76.9 Å². The highest BCUT2D eigenvalue weighted by atomic mass is 79.9. The molecular formula is C8H16BrNO. The number of carbonyl (C=O) groups excluding carboxylic acids is 1. The Morgan fingerprint density at radius 3 is 2.36 bits per heavy atom. The third-order valence-electron chi connectivity index (χ3n) is 1.64. The van der Waals surface area contributed by atoms with Crippen LogP contribution in [0.15, 0.2) is 0 Å². The van der Waals surface area contributed by atoms with E-state index in [1.54, 1.807) is 0 Å². The van der Waals surface area contributed by atoms with Crippen molar-refractivity contribution in [2.45, 2.75) is 33.2 Å². The SMILES string of the molecule is CCC(=O)NC(CBr)C(C)C. The van der Waals surface area contributed by atoms with Crippen LogP contribution in [0.5, 0.6) is 0 Å². The zero-order chi connectivity index (χ0) is 8.85. The van der Waals surface area contributed by atoms with Crippen LogP contribution < -0.4 is 5.32 Å². The molecule has 0 aliphatic rings. The van der Waals surface area contributed by atoms with Crippen LogP contribution in [0.1, 0.15) is 27.2 Å². The summed E-state index contributed by atoms with van der Waals surface area (Å²) in [6.45, 7) is 6.06. The van der Waals surface area contributed by atoms with Crippen molar-refractivity contribution in [3.63, 3.8) is 0 Å². The topological polar surface area (TPSA) is 29.1 Å². The summed E-state index contributed by atoms with van der Waals surface area (Å²) in [5, 5.41) is 3.76. The Morgan fingerprint density at radius 2 is 2.09 bits per heavy atom. The molecule has 0 spiro atoms. The smallest absolute Gasteiger partial charge is 0.219 e. The molecule has 0 aromatic heterocycles. The molecule has 1 unspecified atom stereocenters. The Balaban J connectivity index is 3.78. The lowest BCUT2D eigenvalue weighted by Crippen LogP contribution is -2.39. The Morgan fingerprint density at radius 1 is 1.55 bits per heavy atom. The Hall–Kier alpha value is -0.0500. The standard InChI is InChI=1S/C8H16BrNO/c1-4-8(11)10-7(5-9)6(2)3/h6-7H,4-5H2,1-3H3,(H,10,11). The molecule has 0 rings (SSSR count). The van der Waals surface area contributed by atoms with Crippen LogP contribution in [0.4, 0.5) is 0 Å². The first kappa shape index (κ1) is 11.0. The predicted octanol–water partition coefficient (Wildman–Crippen LogP) is 1.93. The van der Waals surface area contributed by atoms with Gasteiger partial charge >= 0.3 is 0 Å². The summed E-state index contributed by atoms with van der Waals surface area (Å²) in [5.41, 5.74) is 0. The van der Waals surface area contributed by atoms with Gasteiger partial charge in [0.1, 0.15) is 0 Å². The van der Waals surface area contributed by atoms with E-state index >= 15 is 0 Å². The van der Waals surface area contributed by atoms with Crippen LogP contribution in [0.25, 0.3) is 0 Å². The average molecular weight is 222 g/mol. The molecule has 0 saturated heterocycles. The fourth-order valence-electron chi connectivity index (χ4n) is 0.692. The van der Waals surface area contributed by atoms with Gasteiger partial charge in [0.2, 0.25) is 5.91 Å². The minimum atomic E-state index is 0.128. The number of alkyl halides is 1. The summed E-state index contributed by atoms with van der Waals surface area (Å²) in [5.74, 6) is 0.619. The van der Waals surface area contributed by atoms with Crippen molar-refractivity contribution in [3.05, 3.63) is 0 Å². The lowest BCUT2D eigenvalue weighted by Gasteiger charge is -2.19. The summed E-state index contributed by atoms with van der Waals surface area (Å²) in [7, 11) is 0. The fourth-order valence-corrected chi connectivity index (χ4v) is 1.60. The number of hydrogen-bond acceptors (Lipinski definition) is 1. The molecule has 0 aliphatic heterocycles. The summed E-state index contributed by atoms with van der Waals surface area (Å²) in [4.78, 5) is 11.0. The molecule has 66 valence electrons. The zero-order valence-corrected chi connectivity index (χ0v) is 8.94. The fraction of sp³-hybridized carbons (Fsp3) is 0.875. The number of carbonyl (C=O) groups is 1. The van der Waals surface area contributed by atoms with Gasteiger partial charge in [0.15, 0.2) is 0 Å². The molecule has 0 fully saturated rings. The van der Waals surface area contributed by atoms with Crippen molar-refractivity contribution in [1.29, 1.82) is 0 Å². The first-order chi connectivity index (χ1) is 5.11. The average Bonchev–Trinajstić information content (AvgIpc) is 1.99. The van der Waals surface area contributed by atoms with Crippen molar-refractivity contribution < 1.29 is 4.79 Å². The van der Waals surface area contributed by atoms with Gasteiger partial charge < -0.3 is 5.32 Å². The molecule has 0 heterocycles. The maximum atomic E-state index is 11.0. The second kappa shape index (κ2) is 5.58. The molecular weight excluding hydrogens is 206 g/mol. The highest BCUT2D eigenvalue weighted by Gasteiger charge is 2.12. The van der Waals surface area contributed by atoms with E-state index < -0.39 is 0 Å². The molecule has 0 aliphatic carbocycles. The van der Waals surface area contributed by atoms with Gasteiger partial charge in [-0.3, -0.25) is 4.79 Å². The van der Waals surface area contributed by atoms with Gasteiger partial charge in [-0.1, -0.05) is 36.7 Å².